The first-order valence-corrected chi connectivity index (χ1v) is 10.5. The van der Waals surface area contributed by atoms with Crippen molar-refractivity contribution in [3.8, 4) is 0 Å². The number of nitrogens with one attached hydrogen (secondary N) is 2. The predicted molar refractivity (Wildman–Crippen MR) is 129 cm³/mol. The second-order valence-electron chi connectivity index (χ2n) is 8.32. The maximum absolute atomic E-state index is 5.81. The molecule has 7 heteroatoms. The second kappa shape index (κ2) is 12.1. The van der Waals surface area contributed by atoms with Crippen LogP contribution in [-0.2, 0) is 22.4 Å². The van der Waals surface area contributed by atoms with Gasteiger partial charge in [0, 0.05) is 52.0 Å². The van der Waals surface area contributed by atoms with Gasteiger partial charge in [-0.3, -0.25) is 9.89 Å². The maximum atomic E-state index is 5.81. The van der Waals surface area contributed by atoms with Crippen molar-refractivity contribution < 1.29 is 9.47 Å². The summed E-state index contributed by atoms with van der Waals surface area (Å²) in [7, 11) is 1.83. The summed E-state index contributed by atoms with van der Waals surface area (Å²) in [5.74, 6) is 0.856. The van der Waals surface area contributed by atoms with Gasteiger partial charge in [0.15, 0.2) is 5.96 Å². The zero-order valence-electron chi connectivity index (χ0n) is 18.1. The molecule has 0 aromatic heterocycles. The number of aliphatic imine (C=N–C) groups is 1. The number of ether oxygens (including phenoxy) is 2. The predicted octanol–water partition coefficient (Wildman–Crippen LogP) is 2.80. The van der Waals surface area contributed by atoms with Crippen LogP contribution >= 0.6 is 24.0 Å². The fourth-order valence-corrected chi connectivity index (χ4v) is 3.82. The smallest absolute Gasteiger partial charge is 0.191 e. The molecule has 29 heavy (non-hydrogen) atoms. The van der Waals surface area contributed by atoms with E-state index < -0.39 is 0 Å². The lowest BCUT2D eigenvalue weighted by Crippen LogP contribution is -2.54. The zero-order chi connectivity index (χ0) is 19.8. The van der Waals surface area contributed by atoms with Gasteiger partial charge in [0.2, 0.25) is 0 Å². The summed E-state index contributed by atoms with van der Waals surface area (Å²) in [5, 5.41) is 6.89. The summed E-state index contributed by atoms with van der Waals surface area (Å²) >= 11 is 0. The van der Waals surface area contributed by atoms with E-state index in [2.05, 4.69) is 58.6 Å². The molecule has 3 rings (SSSR count). The Hall–Kier alpha value is -0.900. The van der Waals surface area contributed by atoms with E-state index in [0.29, 0.717) is 0 Å². The molecule has 0 amide bonds. The Kier molecular flexibility index (Phi) is 10.1. The van der Waals surface area contributed by atoms with Crippen LogP contribution in [0.2, 0.25) is 0 Å². The summed E-state index contributed by atoms with van der Waals surface area (Å²) in [6.45, 7) is 10.8. The van der Waals surface area contributed by atoms with E-state index in [4.69, 9.17) is 9.47 Å². The van der Waals surface area contributed by atoms with Gasteiger partial charge in [-0.05, 0) is 44.2 Å². The van der Waals surface area contributed by atoms with Crippen molar-refractivity contribution in [3.05, 3.63) is 35.4 Å². The van der Waals surface area contributed by atoms with E-state index in [1.54, 1.807) is 0 Å². The molecule has 1 unspecified atom stereocenters. The number of halogens is 1. The van der Waals surface area contributed by atoms with Crippen LogP contribution < -0.4 is 10.6 Å². The molecule has 2 aliphatic heterocycles. The van der Waals surface area contributed by atoms with Crippen molar-refractivity contribution in [2.24, 2.45) is 4.99 Å². The third-order valence-corrected chi connectivity index (χ3v) is 5.75. The number of rotatable bonds is 8. The third-order valence-electron chi connectivity index (χ3n) is 5.75. The monoisotopic (exact) mass is 516 g/mol. The highest BCUT2D eigenvalue weighted by Gasteiger charge is 2.29. The summed E-state index contributed by atoms with van der Waals surface area (Å²) in [6, 6.07) is 8.80. The molecule has 1 saturated heterocycles. The quantitative estimate of drug-likeness (QED) is 0.241. The van der Waals surface area contributed by atoms with Crippen molar-refractivity contribution in [3.63, 3.8) is 0 Å². The molecule has 2 aliphatic rings. The Morgan fingerprint density at radius 1 is 1.28 bits per heavy atom. The first-order valence-electron chi connectivity index (χ1n) is 10.5. The van der Waals surface area contributed by atoms with Crippen LogP contribution in [0.4, 0.5) is 0 Å². The van der Waals surface area contributed by atoms with Gasteiger partial charge >= 0.3 is 0 Å². The standard InChI is InChI=1S/C22H36N4O2.HI/c1-22(2,26-12-9-18-7-4-5-8-19(18)15-26)17-25-21(23-3)24-11-6-13-28-20-10-14-27-16-20;/h4-5,7-8,20H,6,9-17H2,1-3H3,(H2,23,24,25);1H. The molecule has 6 nitrogen and oxygen atoms in total. The van der Waals surface area contributed by atoms with Crippen LogP contribution in [-0.4, -0.2) is 69.0 Å². The number of fused-ring (bicyclic) bond motifs is 1. The highest BCUT2D eigenvalue weighted by atomic mass is 127. The van der Waals surface area contributed by atoms with E-state index in [1.165, 1.54) is 11.1 Å². The third kappa shape index (κ3) is 7.38. The van der Waals surface area contributed by atoms with E-state index in [9.17, 15) is 0 Å². The molecule has 2 heterocycles. The summed E-state index contributed by atoms with van der Waals surface area (Å²) < 4.78 is 11.1. The van der Waals surface area contributed by atoms with Crippen molar-refractivity contribution in [2.75, 3.05) is 46.5 Å². The molecule has 0 bridgehead atoms. The highest BCUT2D eigenvalue weighted by Crippen LogP contribution is 2.24. The number of benzene rings is 1. The van der Waals surface area contributed by atoms with E-state index in [0.717, 1.165) is 71.2 Å². The molecule has 1 fully saturated rings. The summed E-state index contributed by atoms with van der Waals surface area (Å²) in [6.07, 6.45) is 3.39. The van der Waals surface area contributed by atoms with Crippen LogP contribution in [0.15, 0.2) is 29.3 Å². The lowest BCUT2D eigenvalue weighted by molar-refractivity contribution is 0.0419. The largest absolute Gasteiger partial charge is 0.379 e. The van der Waals surface area contributed by atoms with Gasteiger partial charge in [0.05, 0.1) is 12.7 Å². The van der Waals surface area contributed by atoms with Crippen LogP contribution in [0.1, 0.15) is 37.8 Å². The lowest BCUT2D eigenvalue weighted by atomic mass is 9.94. The number of hydrogen-bond acceptors (Lipinski definition) is 4. The van der Waals surface area contributed by atoms with Crippen molar-refractivity contribution in [2.45, 2.75) is 51.3 Å². The molecule has 1 aromatic rings. The SMILES string of the molecule is CN=C(NCCCOC1CCOC1)NCC(C)(C)N1CCc2ccccc2C1.I. The van der Waals surface area contributed by atoms with Crippen molar-refractivity contribution in [1.29, 1.82) is 0 Å². The van der Waals surface area contributed by atoms with Gasteiger partial charge in [-0.1, -0.05) is 24.3 Å². The van der Waals surface area contributed by atoms with Crippen LogP contribution in [0.3, 0.4) is 0 Å². The molecule has 164 valence electrons. The molecule has 1 aromatic carbocycles. The van der Waals surface area contributed by atoms with E-state index in [1.807, 2.05) is 7.05 Å². The number of guanidine groups is 1. The Morgan fingerprint density at radius 3 is 2.79 bits per heavy atom. The van der Waals surface area contributed by atoms with Gasteiger partial charge in [-0.2, -0.15) is 0 Å². The highest BCUT2D eigenvalue weighted by molar-refractivity contribution is 14.0. The van der Waals surface area contributed by atoms with Gasteiger partial charge in [0.25, 0.3) is 0 Å². The lowest BCUT2D eigenvalue weighted by Gasteiger charge is -2.42. The molecule has 0 saturated carbocycles. The summed E-state index contributed by atoms with van der Waals surface area (Å²) in [4.78, 5) is 6.93. The number of nitrogens with zero attached hydrogens (tertiary/aromatic N) is 2. The van der Waals surface area contributed by atoms with Gasteiger partial charge in [-0.15, -0.1) is 24.0 Å². The molecular weight excluding hydrogens is 479 g/mol. The van der Waals surface area contributed by atoms with Crippen LogP contribution in [0.25, 0.3) is 0 Å². The molecular formula is C22H37IN4O2. The second-order valence-corrected chi connectivity index (χ2v) is 8.32. The first-order chi connectivity index (χ1) is 13.6. The topological polar surface area (TPSA) is 58.1 Å². The van der Waals surface area contributed by atoms with Gasteiger partial charge < -0.3 is 20.1 Å². The Morgan fingerprint density at radius 2 is 2.07 bits per heavy atom. The normalized spacial score (nSPS) is 20.1. The van der Waals surface area contributed by atoms with Gasteiger partial charge in [0.1, 0.15) is 0 Å². The average Bonchev–Trinajstić information content (AvgIpc) is 3.23. The minimum Gasteiger partial charge on any atom is -0.379 e. The van der Waals surface area contributed by atoms with Crippen molar-refractivity contribution >= 4 is 29.9 Å². The minimum absolute atomic E-state index is 0. The zero-order valence-corrected chi connectivity index (χ0v) is 20.4. The van der Waals surface area contributed by atoms with E-state index in [-0.39, 0.29) is 35.6 Å². The average molecular weight is 516 g/mol. The van der Waals surface area contributed by atoms with Crippen LogP contribution in [0, 0.1) is 0 Å². The van der Waals surface area contributed by atoms with Crippen molar-refractivity contribution in [1.82, 2.24) is 15.5 Å². The molecule has 1 atom stereocenters. The molecule has 0 radical (unpaired) electrons. The Balaban J connectivity index is 0.00000300. The van der Waals surface area contributed by atoms with E-state index >= 15 is 0 Å². The van der Waals surface area contributed by atoms with Crippen LogP contribution in [0.5, 0.6) is 0 Å². The Labute approximate surface area is 192 Å². The molecule has 0 spiro atoms. The fourth-order valence-electron chi connectivity index (χ4n) is 3.82. The summed E-state index contributed by atoms with van der Waals surface area (Å²) in [5.41, 5.74) is 3.00. The molecule has 0 aliphatic carbocycles. The maximum Gasteiger partial charge on any atom is 0.191 e. The van der Waals surface area contributed by atoms with Gasteiger partial charge in [-0.25, -0.2) is 0 Å². The number of hydrogen-bond donors (Lipinski definition) is 2. The minimum atomic E-state index is 0. The fraction of sp³-hybridized carbons (Fsp3) is 0.682. The molecule has 2 N–H and O–H groups in total. The Bertz CT molecular complexity index is 647. The first kappa shape index (κ1) is 24.4.